The second kappa shape index (κ2) is 16.6. The molecule has 0 aliphatic heterocycles. The quantitative estimate of drug-likeness (QED) is 0.107. The Hall–Kier alpha value is -3.37. The van der Waals surface area contributed by atoms with Gasteiger partial charge in [0.1, 0.15) is 23.5 Å². The minimum atomic E-state index is -0.522. The van der Waals surface area contributed by atoms with E-state index in [1.807, 2.05) is 12.1 Å². The van der Waals surface area contributed by atoms with Gasteiger partial charge in [0.05, 0.1) is 11.1 Å². The van der Waals surface area contributed by atoms with Crippen LogP contribution < -0.4 is 4.74 Å². The van der Waals surface area contributed by atoms with Crippen molar-refractivity contribution in [1.29, 1.82) is 10.5 Å². The number of benzene rings is 2. The highest BCUT2D eigenvalue weighted by Crippen LogP contribution is 2.33. The van der Waals surface area contributed by atoms with Gasteiger partial charge in [-0.15, -0.1) is 0 Å². The minimum absolute atomic E-state index is 0.133. The number of nitriles is 2. The molecule has 1 fully saturated rings. The molecule has 1 aliphatic rings. The summed E-state index contributed by atoms with van der Waals surface area (Å²) in [6.07, 6.45) is 21.4. The topological polar surface area (TPSA) is 73.9 Å². The Labute approximate surface area is 235 Å². The lowest BCUT2D eigenvalue weighted by atomic mass is 9.79. The largest absolute Gasteiger partial charge is 0.421 e. The summed E-state index contributed by atoms with van der Waals surface area (Å²) < 4.78 is 5.56. The van der Waals surface area contributed by atoms with Crippen LogP contribution in [-0.2, 0) is 12.8 Å². The monoisotopic (exact) mass is 524 g/mol. The molecule has 0 radical (unpaired) electrons. The fraction of sp³-hybridized carbons (Fsp3) is 0.514. The van der Waals surface area contributed by atoms with Gasteiger partial charge in [-0.05, 0) is 92.5 Å². The fourth-order valence-corrected chi connectivity index (χ4v) is 5.58. The first-order valence-corrected chi connectivity index (χ1v) is 15.0. The first kappa shape index (κ1) is 30.2. The van der Waals surface area contributed by atoms with Gasteiger partial charge >= 0.3 is 5.97 Å². The van der Waals surface area contributed by atoms with Crippen LogP contribution in [0.1, 0.15) is 124 Å². The smallest absolute Gasteiger partial charge is 0.343 e. The zero-order chi connectivity index (χ0) is 27.9. The number of esters is 1. The Balaban J connectivity index is 1.49. The molecule has 0 unspecified atom stereocenters. The van der Waals surface area contributed by atoms with Crippen molar-refractivity contribution < 1.29 is 9.53 Å². The highest BCUT2D eigenvalue weighted by Gasteiger charge is 2.19. The normalized spacial score (nSPS) is 17.0. The van der Waals surface area contributed by atoms with Gasteiger partial charge in [-0.3, -0.25) is 0 Å². The first-order chi connectivity index (χ1) is 19.1. The van der Waals surface area contributed by atoms with E-state index in [1.54, 1.807) is 24.3 Å². The summed E-state index contributed by atoms with van der Waals surface area (Å²) in [6, 6.07) is 15.1. The molecule has 0 bridgehead atoms. The Bertz CT molecular complexity index is 1160. The lowest BCUT2D eigenvalue weighted by Crippen LogP contribution is -2.13. The average Bonchev–Trinajstić information content (AvgIpc) is 2.97. The summed E-state index contributed by atoms with van der Waals surface area (Å²) >= 11 is 0. The van der Waals surface area contributed by atoms with Crippen molar-refractivity contribution in [1.82, 2.24) is 0 Å². The third-order valence-electron chi connectivity index (χ3n) is 8.03. The highest BCUT2D eigenvalue weighted by atomic mass is 16.5. The number of nitrogens with zero attached hydrogens (tertiary/aromatic N) is 2. The Kier molecular flexibility index (Phi) is 12.8. The molecule has 4 nitrogen and oxygen atoms in total. The van der Waals surface area contributed by atoms with Crippen molar-refractivity contribution in [3.8, 4) is 17.9 Å². The number of hydrogen-bond donors (Lipinski definition) is 0. The van der Waals surface area contributed by atoms with Crippen molar-refractivity contribution in [3.63, 3.8) is 0 Å². The van der Waals surface area contributed by atoms with E-state index >= 15 is 0 Å². The molecular formula is C35H44N2O2. The number of rotatable bonds is 14. The van der Waals surface area contributed by atoms with E-state index in [4.69, 9.17) is 4.74 Å². The van der Waals surface area contributed by atoms with Crippen molar-refractivity contribution in [2.45, 2.75) is 104 Å². The molecule has 0 heterocycles. The zero-order valence-electron chi connectivity index (χ0n) is 23.9. The molecule has 0 atom stereocenters. The third kappa shape index (κ3) is 9.40. The molecule has 1 saturated carbocycles. The Morgan fingerprint density at radius 3 is 2.23 bits per heavy atom. The Morgan fingerprint density at radius 1 is 0.872 bits per heavy atom. The predicted octanol–water partition coefficient (Wildman–Crippen LogP) is 9.26. The summed E-state index contributed by atoms with van der Waals surface area (Å²) in [5.41, 5.74) is 2.88. The van der Waals surface area contributed by atoms with E-state index < -0.39 is 5.97 Å². The summed E-state index contributed by atoms with van der Waals surface area (Å²) in [5.74, 6) is 1.30. The molecule has 4 heteroatoms. The van der Waals surface area contributed by atoms with Crippen LogP contribution in [-0.4, -0.2) is 5.97 Å². The summed E-state index contributed by atoms with van der Waals surface area (Å²) in [6.45, 7) is 4.40. The number of ether oxygens (including phenoxy) is 1. The average molecular weight is 525 g/mol. The summed E-state index contributed by atoms with van der Waals surface area (Å²) in [7, 11) is 0. The van der Waals surface area contributed by atoms with E-state index in [-0.39, 0.29) is 11.3 Å². The van der Waals surface area contributed by atoms with Crippen LogP contribution in [0.5, 0.6) is 5.75 Å². The molecule has 0 aromatic heterocycles. The first-order valence-electron chi connectivity index (χ1n) is 15.0. The SMILES string of the molecule is CCCCCc1ccc(OC(=O)c2ccc(CCC=C[C@H]3CC[C@H](CCCCC)CC3)cc2)c(C#N)c1C#N. The van der Waals surface area contributed by atoms with Gasteiger partial charge in [-0.1, -0.05) is 82.7 Å². The van der Waals surface area contributed by atoms with E-state index in [0.717, 1.165) is 55.9 Å². The van der Waals surface area contributed by atoms with E-state index in [9.17, 15) is 15.3 Å². The lowest BCUT2D eigenvalue weighted by Gasteiger charge is -2.26. The van der Waals surface area contributed by atoms with Crippen molar-refractivity contribution >= 4 is 5.97 Å². The van der Waals surface area contributed by atoms with Crippen LogP contribution in [0.3, 0.4) is 0 Å². The second-order valence-corrected chi connectivity index (χ2v) is 11.0. The van der Waals surface area contributed by atoms with E-state index in [1.165, 1.54) is 56.9 Å². The van der Waals surface area contributed by atoms with Crippen molar-refractivity contribution in [2.75, 3.05) is 0 Å². The molecule has 0 amide bonds. The number of carbonyl (C=O) groups excluding carboxylic acids is 1. The van der Waals surface area contributed by atoms with Gasteiger partial charge < -0.3 is 4.74 Å². The van der Waals surface area contributed by atoms with Crippen molar-refractivity contribution in [3.05, 3.63) is 76.4 Å². The van der Waals surface area contributed by atoms with Gasteiger partial charge in [-0.2, -0.15) is 10.5 Å². The second-order valence-electron chi connectivity index (χ2n) is 11.0. The van der Waals surface area contributed by atoms with Crippen LogP contribution in [0, 0.1) is 34.5 Å². The van der Waals surface area contributed by atoms with Crippen LogP contribution in [0.2, 0.25) is 0 Å². The van der Waals surface area contributed by atoms with Crippen LogP contribution in [0.25, 0.3) is 0 Å². The molecule has 0 N–H and O–H groups in total. The standard InChI is InChI=1S/C35H44N2O2/c1-3-5-7-11-27-15-17-28(18-16-27)12-9-10-13-29-19-21-31(22-20-29)35(38)39-34-24-23-30(14-8-6-4-2)32(25-36)33(34)26-37/h9,12,19-24,27-28H,3-8,10-11,13-18H2,1-2H3/t27-,28-. The molecule has 2 aromatic carbocycles. The van der Waals surface area contributed by atoms with Gasteiger partial charge in [0.25, 0.3) is 0 Å². The van der Waals surface area contributed by atoms with E-state index in [2.05, 4.69) is 38.1 Å². The Morgan fingerprint density at radius 2 is 1.56 bits per heavy atom. The van der Waals surface area contributed by atoms with Gasteiger partial charge in [0.15, 0.2) is 0 Å². The van der Waals surface area contributed by atoms with Crippen LogP contribution in [0.15, 0.2) is 48.6 Å². The molecule has 0 spiro atoms. The van der Waals surface area contributed by atoms with Gasteiger partial charge in [0.2, 0.25) is 0 Å². The summed E-state index contributed by atoms with van der Waals surface area (Å²) in [4.78, 5) is 12.8. The molecule has 0 saturated heterocycles. The molecular weight excluding hydrogens is 480 g/mol. The number of aryl methyl sites for hydroxylation is 2. The molecule has 1 aliphatic carbocycles. The predicted molar refractivity (Wildman–Crippen MR) is 158 cm³/mol. The maximum absolute atomic E-state index is 12.8. The number of allylic oxidation sites excluding steroid dienone is 2. The maximum atomic E-state index is 12.8. The minimum Gasteiger partial charge on any atom is -0.421 e. The van der Waals surface area contributed by atoms with E-state index in [0.29, 0.717) is 11.1 Å². The summed E-state index contributed by atoms with van der Waals surface area (Å²) in [5, 5.41) is 19.3. The van der Waals surface area contributed by atoms with Crippen LogP contribution in [0.4, 0.5) is 0 Å². The lowest BCUT2D eigenvalue weighted by molar-refractivity contribution is 0.0734. The van der Waals surface area contributed by atoms with Gasteiger partial charge in [-0.25, -0.2) is 4.79 Å². The van der Waals surface area contributed by atoms with Gasteiger partial charge in [0, 0.05) is 0 Å². The third-order valence-corrected chi connectivity index (χ3v) is 8.03. The fourth-order valence-electron chi connectivity index (χ4n) is 5.58. The zero-order valence-corrected chi connectivity index (χ0v) is 23.9. The molecule has 39 heavy (non-hydrogen) atoms. The van der Waals surface area contributed by atoms with Crippen molar-refractivity contribution in [2.24, 2.45) is 11.8 Å². The highest BCUT2D eigenvalue weighted by molar-refractivity contribution is 5.91. The molecule has 3 rings (SSSR count). The molecule has 206 valence electrons. The molecule has 2 aromatic rings. The van der Waals surface area contributed by atoms with Crippen LogP contribution >= 0.6 is 0 Å². The number of carbonyl (C=O) groups is 1. The number of hydrogen-bond acceptors (Lipinski definition) is 4. The maximum Gasteiger partial charge on any atom is 0.343 e. The number of unbranched alkanes of at least 4 members (excludes halogenated alkanes) is 4.